The largest absolute Gasteiger partial charge is 0.337 e. The summed E-state index contributed by atoms with van der Waals surface area (Å²) in [7, 11) is 0. The fraction of sp³-hybridized carbons (Fsp3) is 0.250. The van der Waals surface area contributed by atoms with Crippen LogP contribution in [0.4, 0.5) is 4.39 Å². The van der Waals surface area contributed by atoms with Crippen molar-refractivity contribution in [1.29, 1.82) is 0 Å². The number of carbonyl (C=O) groups excluding carboxylic acids is 1. The van der Waals surface area contributed by atoms with Gasteiger partial charge in [-0.1, -0.05) is 23.7 Å². The Morgan fingerprint density at radius 2 is 2.04 bits per heavy atom. The lowest BCUT2D eigenvalue weighted by molar-refractivity contribution is 0.0677. The van der Waals surface area contributed by atoms with Crippen molar-refractivity contribution in [2.75, 3.05) is 13.1 Å². The van der Waals surface area contributed by atoms with Gasteiger partial charge in [0.1, 0.15) is 5.82 Å². The lowest BCUT2D eigenvalue weighted by Gasteiger charge is -2.33. The first-order chi connectivity index (χ1) is 13.0. The molecule has 0 saturated carbocycles. The average Bonchev–Trinajstić information content (AvgIpc) is 2.70. The maximum Gasteiger partial charge on any atom is 0.261 e. The van der Waals surface area contributed by atoms with Gasteiger partial charge in [-0.25, -0.2) is 9.37 Å². The van der Waals surface area contributed by atoms with E-state index in [9.17, 15) is 14.0 Å². The first kappa shape index (κ1) is 17.7. The highest BCUT2D eigenvalue weighted by molar-refractivity contribution is 6.31. The number of piperidine rings is 1. The Balaban J connectivity index is 1.61. The standard InChI is InChI=1S/C20H17ClFN3O2/c21-16-10-13(7-8-17(16)22)19(26)24-9-3-4-14(11-24)25-12-23-18-6-2-1-5-15(18)20(25)27/h1-2,5-8,10,12,14H,3-4,9,11H2. The van der Waals surface area contributed by atoms with Gasteiger partial charge in [0.15, 0.2) is 0 Å². The topological polar surface area (TPSA) is 55.2 Å². The molecule has 2 heterocycles. The molecule has 138 valence electrons. The number of carbonyl (C=O) groups is 1. The molecule has 27 heavy (non-hydrogen) atoms. The normalized spacial score (nSPS) is 17.3. The van der Waals surface area contributed by atoms with Gasteiger partial charge in [0, 0.05) is 18.7 Å². The van der Waals surface area contributed by atoms with Crippen LogP contribution in [0.2, 0.25) is 5.02 Å². The molecule has 0 N–H and O–H groups in total. The van der Waals surface area contributed by atoms with Gasteiger partial charge in [0.2, 0.25) is 0 Å². The maximum absolute atomic E-state index is 13.4. The molecule has 2 aromatic carbocycles. The average molecular weight is 386 g/mol. The minimum atomic E-state index is -0.557. The van der Waals surface area contributed by atoms with Crippen LogP contribution in [-0.4, -0.2) is 33.4 Å². The molecular weight excluding hydrogens is 369 g/mol. The van der Waals surface area contributed by atoms with E-state index in [0.29, 0.717) is 29.6 Å². The third-order valence-electron chi connectivity index (χ3n) is 4.93. The Morgan fingerprint density at radius 1 is 1.22 bits per heavy atom. The van der Waals surface area contributed by atoms with Gasteiger partial charge in [0.25, 0.3) is 11.5 Å². The van der Waals surface area contributed by atoms with Crippen LogP contribution >= 0.6 is 11.6 Å². The van der Waals surface area contributed by atoms with Crippen molar-refractivity contribution in [3.8, 4) is 0 Å². The van der Waals surface area contributed by atoms with E-state index in [1.54, 1.807) is 27.9 Å². The number of amides is 1. The third-order valence-corrected chi connectivity index (χ3v) is 5.22. The van der Waals surface area contributed by atoms with Crippen molar-refractivity contribution >= 4 is 28.4 Å². The molecule has 1 fully saturated rings. The van der Waals surface area contributed by atoms with Crippen molar-refractivity contribution in [3.05, 3.63) is 75.5 Å². The van der Waals surface area contributed by atoms with E-state index in [0.717, 1.165) is 12.8 Å². The molecule has 3 aromatic rings. The molecule has 1 amide bonds. The number of aromatic nitrogens is 2. The Kier molecular flexibility index (Phi) is 4.66. The van der Waals surface area contributed by atoms with Crippen LogP contribution in [0.15, 0.2) is 53.6 Å². The minimum Gasteiger partial charge on any atom is -0.337 e. The summed E-state index contributed by atoms with van der Waals surface area (Å²) in [4.78, 5) is 31.6. The Morgan fingerprint density at radius 3 is 2.85 bits per heavy atom. The zero-order valence-electron chi connectivity index (χ0n) is 14.4. The quantitative estimate of drug-likeness (QED) is 0.676. The Hall–Kier alpha value is -2.73. The number of hydrogen-bond donors (Lipinski definition) is 0. The van der Waals surface area contributed by atoms with Crippen LogP contribution in [0.1, 0.15) is 29.2 Å². The van der Waals surface area contributed by atoms with E-state index >= 15 is 0 Å². The van der Waals surface area contributed by atoms with Gasteiger partial charge in [-0.3, -0.25) is 14.2 Å². The van der Waals surface area contributed by atoms with Crippen LogP contribution in [0.25, 0.3) is 10.9 Å². The number of para-hydroxylation sites is 1. The molecule has 4 rings (SSSR count). The van der Waals surface area contributed by atoms with Crippen LogP contribution in [0.5, 0.6) is 0 Å². The van der Waals surface area contributed by atoms with Crippen LogP contribution in [0.3, 0.4) is 0 Å². The lowest BCUT2D eigenvalue weighted by atomic mass is 10.0. The maximum atomic E-state index is 13.4. The van der Waals surface area contributed by atoms with Gasteiger partial charge < -0.3 is 4.90 Å². The molecule has 1 aliphatic rings. The van der Waals surface area contributed by atoms with E-state index in [-0.39, 0.29) is 22.5 Å². The number of nitrogens with zero attached hydrogens (tertiary/aromatic N) is 3. The Bertz CT molecular complexity index is 1080. The molecule has 0 spiro atoms. The van der Waals surface area contributed by atoms with Crippen molar-refractivity contribution in [2.24, 2.45) is 0 Å². The van der Waals surface area contributed by atoms with Crippen molar-refractivity contribution in [1.82, 2.24) is 14.5 Å². The van der Waals surface area contributed by atoms with Gasteiger partial charge >= 0.3 is 0 Å². The zero-order valence-corrected chi connectivity index (χ0v) is 15.2. The predicted molar refractivity (Wildman–Crippen MR) is 102 cm³/mol. The highest BCUT2D eigenvalue weighted by atomic mass is 35.5. The molecule has 1 unspecified atom stereocenters. The van der Waals surface area contributed by atoms with Crippen LogP contribution < -0.4 is 5.56 Å². The highest BCUT2D eigenvalue weighted by Gasteiger charge is 2.27. The molecule has 5 nitrogen and oxygen atoms in total. The molecule has 7 heteroatoms. The van der Waals surface area contributed by atoms with E-state index in [2.05, 4.69) is 4.98 Å². The van der Waals surface area contributed by atoms with Crippen molar-refractivity contribution < 1.29 is 9.18 Å². The molecular formula is C20H17ClFN3O2. The van der Waals surface area contributed by atoms with E-state index in [1.807, 2.05) is 12.1 Å². The first-order valence-corrected chi connectivity index (χ1v) is 9.12. The first-order valence-electron chi connectivity index (χ1n) is 8.75. The fourth-order valence-electron chi connectivity index (χ4n) is 3.52. The molecule has 1 aromatic heterocycles. The number of benzene rings is 2. The molecule has 1 atom stereocenters. The minimum absolute atomic E-state index is 0.0793. The third kappa shape index (κ3) is 3.32. The SMILES string of the molecule is O=C(c1ccc(F)c(Cl)c1)N1CCCC(n2cnc3ccccc3c2=O)C1. The lowest BCUT2D eigenvalue weighted by Crippen LogP contribution is -2.43. The summed E-state index contributed by atoms with van der Waals surface area (Å²) in [5.41, 5.74) is 0.888. The molecule has 0 aliphatic carbocycles. The number of hydrogen-bond acceptors (Lipinski definition) is 3. The number of rotatable bonds is 2. The number of fused-ring (bicyclic) bond motifs is 1. The van der Waals surface area contributed by atoms with Crippen LogP contribution in [0, 0.1) is 5.82 Å². The number of halogens is 2. The van der Waals surface area contributed by atoms with Gasteiger partial charge in [0.05, 0.1) is 28.3 Å². The summed E-state index contributed by atoms with van der Waals surface area (Å²) < 4.78 is 15.0. The Labute approximate surface area is 160 Å². The summed E-state index contributed by atoms with van der Waals surface area (Å²) in [6.07, 6.45) is 3.11. The summed E-state index contributed by atoms with van der Waals surface area (Å²) in [6.45, 7) is 0.980. The second kappa shape index (κ2) is 7.12. The summed E-state index contributed by atoms with van der Waals surface area (Å²) in [5, 5.41) is 0.484. The monoisotopic (exact) mass is 385 g/mol. The summed E-state index contributed by atoms with van der Waals surface area (Å²) in [6, 6.07) is 11.0. The summed E-state index contributed by atoms with van der Waals surface area (Å²) >= 11 is 5.80. The molecule has 0 bridgehead atoms. The van der Waals surface area contributed by atoms with E-state index in [1.165, 1.54) is 18.2 Å². The van der Waals surface area contributed by atoms with Crippen LogP contribution in [-0.2, 0) is 0 Å². The summed E-state index contributed by atoms with van der Waals surface area (Å²) in [5.74, 6) is -0.776. The highest BCUT2D eigenvalue weighted by Crippen LogP contribution is 2.24. The molecule has 1 aliphatic heterocycles. The number of likely N-dealkylation sites (tertiary alicyclic amines) is 1. The molecule has 1 saturated heterocycles. The van der Waals surface area contributed by atoms with Gasteiger partial charge in [-0.2, -0.15) is 0 Å². The molecule has 0 radical (unpaired) electrons. The van der Waals surface area contributed by atoms with E-state index < -0.39 is 5.82 Å². The van der Waals surface area contributed by atoms with E-state index in [4.69, 9.17) is 11.6 Å². The zero-order chi connectivity index (χ0) is 19.0. The van der Waals surface area contributed by atoms with Crippen molar-refractivity contribution in [2.45, 2.75) is 18.9 Å². The smallest absolute Gasteiger partial charge is 0.261 e. The second-order valence-electron chi connectivity index (χ2n) is 6.65. The van der Waals surface area contributed by atoms with Crippen molar-refractivity contribution in [3.63, 3.8) is 0 Å². The van der Waals surface area contributed by atoms with Gasteiger partial charge in [-0.05, 0) is 43.2 Å². The van der Waals surface area contributed by atoms with Gasteiger partial charge in [-0.15, -0.1) is 0 Å². The fourth-order valence-corrected chi connectivity index (χ4v) is 3.70. The second-order valence-corrected chi connectivity index (χ2v) is 7.06. The predicted octanol–water partition coefficient (Wildman–Crippen LogP) is 3.67.